The molecule has 0 saturated carbocycles. The Morgan fingerprint density at radius 1 is 0.971 bits per heavy atom. The highest BCUT2D eigenvalue weighted by molar-refractivity contribution is 7.90. The zero-order chi connectivity index (χ0) is 25.8. The van der Waals surface area contributed by atoms with Crippen LogP contribution in [0.25, 0.3) is 0 Å². The van der Waals surface area contributed by atoms with Gasteiger partial charge in [0.1, 0.15) is 10.6 Å². The van der Waals surface area contributed by atoms with E-state index >= 15 is 0 Å². The lowest BCUT2D eigenvalue weighted by molar-refractivity contribution is 0.0927. The minimum absolute atomic E-state index is 0.0512. The second-order valence-corrected chi connectivity index (χ2v) is 9.13. The van der Waals surface area contributed by atoms with Crippen LogP contribution >= 0.6 is 11.6 Å². The van der Waals surface area contributed by atoms with Gasteiger partial charge in [-0.15, -0.1) is 0 Å². The van der Waals surface area contributed by atoms with Crippen LogP contribution in [0.5, 0.6) is 0 Å². The van der Waals surface area contributed by atoms with Gasteiger partial charge in [0.25, 0.3) is 27.7 Å². The van der Waals surface area contributed by atoms with Crippen LogP contribution < -0.4 is 15.4 Å². The SMILES string of the molecule is CCOCCCNC(=O)c1ccc(S(=O)(=O)NC(=O)c2ccc(C(=O)NCCOC)nc2)c(Cl)c1. The summed E-state index contributed by atoms with van der Waals surface area (Å²) in [5.74, 6) is -1.85. The van der Waals surface area contributed by atoms with Crippen LogP contribution in [0.4, 0.5) is 0 Å². The number of hydrogen-bond acceptors (Lipinski definition) is 8. The van der Waals surface area contributed by atoms with Crippen LogP contribution in [-0.4, -0.2) is 71.1 Å². The van der Waals surface area contributed by atoms with Crippen LogP contribution in [0, 0.1) is 0 Å². The van der Waals surface area contributed by atoms with Crippen molar-refractivity contribution in [2.45, 2.75) is 18.2 Å². The van der Waals surface area contributed by atoms with Gasteiger partial charge in [-0.05, 0) is 43.7 Å². The van der Waals surface area contributed by atoms with Gasteiger partial charge in [-0.25, -0.2) is 13.1 Å². The lowest BCUT2D eigenvalue weighted by Crippen LogP contribution is -2.31. The van der Waals surface area contributed by atoms with Gasteiger partial charge in [-0.1, -0.05) is 11.6 Å². The van der Waals surface area contributed by atoms with Gasteiger partial charge in [-0.2, -0.15) is 0 Å². The topological polar surface area (TPSA) is 153 Å². The Kier molecular flexibility index (Phi) is 11.1. The van der Waals surface area contributed by atoms with Gasteiger partial charge in [0.15, 0.2) is 0 Å². The van der Waals surface area contributed by atoms with E-state index in [1.165, 1.54) is 31.4 Å². The molecule has 0 spiro atoms. The zero-order valence-electron chi connectivity index (χ0n) is 19.3. The van der Waals surface area contributed by atoms with Gasteiger partial charge < -0.3 is 20.1 Å². The van der Waals surface area contributed by atoms with Gasteiger partial charge in [0.2, 0.25) is 0 Å². The smallest absolute Gasteiger partial charge is 0.269 e. The average Bonchev–Trinajstić information content (AvgIpc) is 2.83. The second kappa shape index (κ2) is 13.7. The van der Waals surface area contributed by atoms with E-state index in [1.54, 1.807) is 0 Å². The summed E-state index contributed by atoms with van der Waals surface area (Å²) in [7, 11) is -2.85. The van der Waals surface area contributed by atoms with E-state index in [0.29, 0.717) is 32.8 Å². The number of hydrogen-bond donors (Lipinski definition) is 3. The molecule has 1 heterocycles. The quantitative estimate of drug-likeness (QED) is 0.331. The summed E-state index contributed by atoms with van der Waals surface area (Å²) in [4.78, 5) is 40.1. The van der Waals surface area contributed by atoms with E-state index in [4.69, 9.17) is 21.1 Å². The van der Waals surface area contributed by atoms with Crippen molar-refractivity contribution < 1.29 is 32.3 Å². The Labute approximate surface area is 208 Å². The lowest BCUT2D eigenvalue weighted by atomic mass is 10.2. The molecule has 0 aliphatic carbocycles. The first-order chi connectivity index (χ1) is 16.7. The van der Waals surface area contributed by atoms with Crippen LogP contribution in [0.15, 0.2) is 41.4 Å². The Morgan fingerprint density at radius 3 is 2.31 bits per heavy atom. The fourth-order valence-corrected chi connectivity index (χ4v) is 4.26. The standard InChI is InChI=1S/C22H27ClN4O7S/c1-3-34-11-4-9-24-20(28)15-6-8-19(17(23)13-15)35(31,32)27-21(29)16-5-7-18(26-14-16)22(30)25-10-12-33-2/h5-8,13-14H,3-4,9-12H2,1-2H3,(H,24,28)(H,25,30)(H,27,29). The van der Waals surface area contributed by atoms with Gasteiger partial charge >= 0.3 is 0 Å². The summed E-state index contributed by atoms with van der Waals surface area (Å²) in [5, 5.41) is 5.03. The van der Waals surface area contributed by atoms with E-state index in [0.717, 1.165) is 12.3 Å². The summed E-state index contributed by atoms with van der Waals surface area (Å²) < 4.78 is 37.3. The molecule has 1 aromatic carbocycles. The number of amides is 3. The molecule has 35 heavy (non-hydrogen) atoms. The second-order valence-electron chi connectivity index (χ2n) is 7.07. The maximum absolute atomic E-state index is 12.7. The number of benzene rings is 1. The lowest BCUT2D eigenvalue weighted by Gasteiger charge is -2.11. The molecule has 0 aliphatic heterocycles. The Bertz CT molecular complexity index is 1140. The number of nitrogens with one attached hydrogen (secondary N) is 3. The van der Waals surface area contributed by atoms with Crippen LogP contribution in [0.2, 0.25) is 5.02 Å². The number of pyridine rings is 1. The number of nitrogens with zero attached hydrogens (tertiary/aromatic N) is 1. The zero-order valence-corrected chi connectivity index (χ0v) is 20.9. The third-order valence-corrected chi connectivity index (χ3v) is 6.33. The van der Waals surface area contributed by atoms with Gasteiger partial charge in [0.05, 0.1) is 17.2 Å². The van der Waals surface area contributed by atoms with E-state index in [2.05, 4.69) is 15.6 Å². The molecule has 0 bridgehead atoms. The van der Waals surface area contributed by atoms with Crippen LogP contribution in [0.3, 0.4) is 0 Å². The molecule has 2 rings (SSSR count). The van der Waals surface area contributed by atoms with Gasteiger partial charge in [0, 0.05) is 45.2 Å². The summed E-state index contributed by atoms with van der Waals surface area (Å²) in [6.07, 6.45) is 1.71. The fourth-order valence-electron chi connectivity index (χ4n) is 2.74. The van der Waals surface area contributed by atoms with Crippen molar-refractivity contribution in [1.82, 2.24) is 20.3 Å². The molecule has 0 saturated heterocycles. The summed E-state index contributed by atoms with van der Waals surface area (Å²) >= 11 is 6.10. The molecule has 0 atom stereocenters. The van der Waals surface area contributed by atoms with Crippen molar-refractivity contribution in [3.63, 3.8) is 0 Å². The van der Waals surface area contributed by atoms with Crippen molar-refractivity contribution in [2.24, 2.45) is 0 Å². The molecule has 1 aromatic heterocycles. The monoisotopic (exact) mass is 526 g/mol. The summed E-state index contributed by atoms with van der Waals surface area (Å²) in [6, 6.07) is 6.19. The highest BCUT2D eigenvalue weighted by atomic mass is 35.5. The number of carbonyl (C=O) groups is 3. The molecule has 0 unspecified atom stereocenters. The first kappa shape index (κ1) is 28.2. The van der Waals surface area contributed by atoms with Crippen molar-refractivity contribution >= 4 is 39.3 Å². The molecule has 0 fully saturated rings. The number of sulfonamides is 1. The molecule has 3 amide bonds. The number of methoxy groups -OCH3 is 1. The fraction of sp³-hybridized carbons (Fsp3) is 0.364. The predicted octanol–water partition coefficient (Wildman–Crippen LogP) is 1.39. The van der Waals surface area contributed by atoms with E-state index in [9.17, 15) is 22.8 Å². The number of ether oxygens (including phenoxy) is 2. The molecule has 0 radical (unpaired) electrons. The molecule has 11 nitrogen and oxygen atoms in total. The third kappa shape index (κ3) is 8.58. The number of halogens is 1. The summed E-state index contributed by atoms with van der Waals surface area (Å²) in [6.45, 7) is 3.96. The number of aromatic nitrogens is 1. The van der Waals surface area contributed by atoms with Crippen LogP contribution in [0.1, 0.15) is 44.5 Å². The maximum atomic E-state index is 12.7. The molecule has 190 valence electrons. The molecular weight excluding hydrogens is 500 g/mol. The number of carbonyl (C=O) groups excluding carboxylic acids is 3. The first-order valence-electron chi connectivity index (χ1n) is 10.7. The highest BCUT2D eigenvalue weighted by Crippen LogP contribution is 2.23. The highest BCUT2D eigenvalue weighted by Gasteiger charge is 2.23. The molecule has 3 N–H and O–H groups in total. The minimum atomic E-state index is -4.35. The molecule has 13 heteroatoms. The van der Waals surface area contributed by atoms with Crippen molar-refractivity contribution in [3.05, 3.63) is 58.4 Å². The Balaban J connectivity index is 2.02. The largest absolute Gasteiger partial charge is 0.383 e. The Hall–Kier alpha value is -3.06. The third-order valence-electron chi connectivity index (χ3n) is 4.52. The molecule has 0 aliphatic rings. The Morgan fingerprint density at radius 2 is 1.69 bits per heavy atom. The van der Waals surface area contributed by atoms with E-state index in [1.807, 2.05) is 11.6 Å². The van der Waals surface area contributed by atoms with Gasteiger partial charge in [-0.3, -0.25) is 19.4 Å². The molecule has 2 aromatic rings. The van der Waals surface area contributed by atoms with E-state index < -0.39 is 27.7 Å². The normalized spacial score (nSPS) is 11.1. The van der Waals surface area contributed by atoms with E-state index in [-0.39, 0.29) is 33.3 Å². The molecular formula is C22H27ClN4O7S. The van der Waals surface area contributed by atoms with Crippen molar-refractivity contribution in [3.8, 4) is 0 Å². The number of rotatable bonds is 13. The maximum Gasteiger partial charge on any atom is 0.269 e. The van der Waals surface area contributed by atoms with Crippen LogP contribution in [-0.2, 0) is 19.5 Å². The predicted molar refractivity (Wildman–Crippen MR) is 128 cm³/mol. The first-order valence-corrected chi connectivity index (χ1v) is 12.5. The van der Waals surface area contributed by atoms with Crippen molar-refractivity contribution in [2.75, 3.05) is 40.0 Å². The minimum Gasteiger partial charge on any atom is -0.383 e. The summed E-state index contributed by atoms with van der Waals surface area (Å²) in [5.41, 5.74) is 0.136. The van der Waals surface area contributed by atoms with Crippen molar-refractivity contribution in [1.29, 1.82) is 0 Å². The average molecular weight is 527 g/mol.